The number of benzene rings is 1. The lowest BCUT2D eigenvalue weighted by molar-refractivity contribution is -0.125. The fourth-order valence-corrected chi connectivity index (χ4v) is 5.14. The van der Waals surface area contributed by atoms with Gasteiger partial charge in [-0.2, -0.15) is 0 Å². The second-order valence-corrected chi connectivity index (χ2v) is 8.39. The Hall–Kier alpha value is -1.69. The molecule has 5 nitrogen and oxygen atoms in total. The predicted molar refractivity (Wildman–Crippen MR) is 104 cm³/mol. The molecule has 0 amide bonds. The molecule has 0 radical (unpaired) electrons. The van der Waals surface area contributed by atoms with Crippen molar-refractivity contribution in [2.45, 2.75) is 24.8 Å². The monoisotopic (exact) mass is 352 g/mol. The Bertz CT molecular complexity index is 821. The molecule has 2 saturated heterocycles. The van der Waals surface area contributed by atoms with Crippen LogP contribution in [0.4, 0.5) is 0 Å². The van der Waals surface area contributed by atoms with Crippen molar-refractivity contribution in [1.82, 2.24) is 20.1 Å². The van der Waals surface area contributed by atoms with Crippen LogP contribution >= 0.6 is 0 Å². The molecule has 0 bridgehead atoms. The van der Waals surface area contributed by atoms with Crippen LogP contribution in [0, 0.1) is 5.92 Å². The molecule has 138 valence electrons. The topological polar surface area (TPSA) is 51.4 Å². The highest BCUT2D eigenvalue weighted by Gasteiger charge is 2.38. The largest absolute Gasteiger partial charge is 0.361 e. The summed E-state index contributed by atoms with van der Waals surface area (Å²) in [6, 6.07) is 7.05. The highest BCUT2D eigenvalue weighted by Crippen LogP contribution is 2.41. The Balaban J connectivity index is 1.32. The lowest BCUT2D eigenvalue weighted by Gasteiger charge is -2.40. The van der Waals surface area contributed by atoms with Gasteiger partial charge in [0.25, 0.3) is 0 Å². The van der Waals surface area contributed by atoms with E-state index in [2.05, 4.69) is 51.5 Å². The molecule has 3 atom stereocenters. The summed E-state index contributed by atoms with van der Waals surface area (Å²) in [5, 5.41) is 5.11. The molecule has 2 N–H and O–H groups in total. The van der Waals surface area contributed by atoms with E-state index in [4.69, 9.17) is 0 Å². The van der Waals surface area contributed by atoms with Gasteiger partial charge >= 0.3 is 0 Å². The minimum atomic E-state index is 0.145. The van der Waals surface area contributed by atoms with Crippen LogP contribution in [0.2, 0.25) is 0 Å². The zero-order valence-electron chi connectivity index (χ0n) is 15.5. The van der Waals surface area contributed by atoms with E-state index in [-0.39, 0.29) is 5.92 Å². The van der Waals surface area contributed by atoms with Crippen molar-refractivity contribution in [1.29, 1.82) is 0 Å². The van der Waals surface area contributed by atoms with Gasteiger partial charge in [-0.25, -0.2) is 0 Å². The van der Waals surface area contributed by atoms with E-state index in [9.17, 15) is 4.79 Å². The Morgan fingerprint density at radius 3 is 2.92 bits per heavy atom. The van der Waals surface area contributed by atoms with Crippen molar-refractivity contribution in [2.75, 3.05) is 46.3 Å². The van der Waals surface area contributed by atoms with Crippen molar-refractivity contribution >= 4 is 16.7 Å². The number of piperazine rings is 1. The lowest BCUT2D eigenvalue weighted by atomic mass is 9.72. The number of fused-ring (bicyclic) bond motifs is 2. The molecule has 0 spiro atoms. The van der Waals surface area contributed by atoms with Crippen LogP contribution in [0.1, 0.15) is 23.5 Å². The molecule has 2 aromatic rings. The normalized spacial score (nSPS) is 29.7. The molecule has 1 unspecified atom stereocenters. The van der Waals surface area contributed by atoms with Gasteiger partial charge in [0.05, 0.1) is 6.54 Å². The molecule has 2 aliphatic heterocycles. The number of nitrogens with one attached hydrogen (secondary N) is 2. The zero-order chi connectivity index (χ0) is 17.7. The van der Waals surface area contributed by atoms with Gasteiger partial charge in [-0.05, 0) is 37.1 Å². The molecule has 3 heterocycles. The first-order valence-corrected chi connectivity index (χ1v) is 9.95. The summed E-state index contributed by atoms with van der Waals surface area (Å²) in [5.41, 5.74) is 4.09. The van der Waals surface area contributed by atoms with Crippen LogP contribution in [0.3, 0.4) is 0 Å². The molecule has 5 rings (SSSR count). The number of hydrogen-bond acceptors (Lipinski definition) is 4. The fourth-order valence-electron chi connectivity index (χ4n) is 5.14. The molecule has 2 fully saturated rings. The molecular weight excluding hydrogens is 324 g/mol. The first kappa shape index (κ1) is 16.5. The van der Waals surface area contributed by atoms with E-state index in [1.54, 1.807) is 0 Å². The number of ketones is 1. The number of carbonyl (C=O) groups excluding carboxylic acids is 1. The van der Waals surface area contributed by atoms with E-state index in [1.165, 1.54) is 22.0 Å². The smallest absolute Gasteiger partial charge is 0.151 e. The number of likely N-dealkylation sites (N-methyl/N-ethyl adjacent to an activating group) is 1. The lowest BCUT2D eigenvalue weighted by Crippen LogP contribution is -2.51. The van der Waals surface area contributed by atoms with Gasteiger partial charge in [-0.1, -0.05) is 12.1 Å². The summed E-state index contributed by atoms with van der Waals surface area (Å²) in [6.45, 7) is 5.62. The Kier molecular flexibility index (Phi) is 4.11. The number of nitrogens with zero attached hydrogens (tertiary/aromatic N) is 2. The van der Waals surface area contributed by atoms with Gasteiger partial charge in [0.1, 0.15) is 0 Å². The second kappa shape index (κ2) is 6.48. The Morgan fingerprint density at radius 2 is 2.08 bits per heavy atom. The predicted octanol–water partition coefficient (Wildman–Crippen LogP) is 1.60. The zero-order valence-corrected chi connectivity index (χ0v) is 15.5. The van der Waals surface area contributed by atoms with Crippen LogP contribution in [0.15, 0.2) is 24.4 Å². The number of piperidine rings is 1. The first-order chi connectivity index (χ1) is 12.7. The molecule has 26 heavy (non-hydrogen) atoms. The number of H-pyrrole nitrogens is 1. The summed E-state index contributed by atoms with van der Waals surface area (Å²) in [5.74, 6) is 1.02. The van der Waals surface area contributed by atoms with Crippen molar-refractivity contribution in [3.8, 4) is 0 Å². The SMILES string of the molecule is CN1CCN(CC(=O)C2CN[C@@H]3Cc4c[nH]c5cccc(c45)[C@H]3C2)CC1. The number of aromatic amines is 1. The highest BCUT2D eigenvalue weighted by molar-refractivity contribution is 5.89. The third-order valence-corrected chi connectivity index (χ3v) is 6.74. The first-order valence-electron chi connectivity index (χ1n) is 9.95. The van der Waals surface area contributed by atoms with E-state index in [0.29, 0.717) is 24.3 Å². The Morgan fingerprint density at radius 1 is 1.23 bits per heavy atom. The number of Topliss-reactive ketones (excluding diaryl/α,β-unsaturated/α-hetero) is 1. The summed E-state index contributed by atoms with van der Waals surface area (Å²) in [6.07, 6.45) is 4.23. The van der Waals surface area contributed by atoms with Crippen LogP contribution in [-0.2, 0) is 11.2 Å². The molecule has 3 aliphatic rings. The van der Waals surface area contributed by atoms with E-state index >= 15 is 0 Å². The molecule has 1 aromatic carbocycles. The molecular formula is C21H28N4O. The number of aromatic nitrogens is 1. The van der Waals surface area contributed by atoms with Crippen LogP contribution in [0.25, 0.3) is 10.9 Å². The van der Waals surface area contributed by atoms with Gasteiger partial charge < -0.3 is 15.2 Å². The third-order valence-electron chi connectivity index (χ3n) is 6.74. The summed E-state index contributed by atoms with van der Waals surface area (Å²) < 4.78 is 0. The maximum Gasteiger partial charge on any atom is 0.151 e. The van der Waals surface area contributed by atoms with Crippen LogP contribution in [0.5, 0.6) is 0 Å². The fraction of sp³-hybridized carbons (Fsp3) is 0.571. The number of carbonyl (C=O) groups is 1. The van der Waals surface area contributed by atoms with Crippen molar-refractivity contribution < 1.29 is 4.79 Å². The highest BCUT2D eigenvalue weighted by atomic mass is 16.1. The van der Waals surface area contributed by atoms with Crippen molar-refractivity contribution in [3.63, 3.8) is 0 Å². The van der Waals surface area contributed by atoms with Gasteiger partial charge in [0, 0.05) is 67.7 Å². The Labute approximate surface area is 154 Å². The number of rotatable bonds is 3. The van der Waals surface area contributed by atoms with Gasteiger partial charge in [0.2, 0.25) is 0 Å². The van der Waals surface area contributed by atoms with Crippen molar-refractivity contribution in [2.24, 2.45) is 5.92 Å². The minimum absolute atomic E-state index is 0.145. The van der Waals surface area contributed by atoms with Gasteiger partial charge in [-0.15, -0.1) is 0 Å². The summed E-state index contributed by atoms with van der Waals surface area (Å²) in [4.78, 5) is 21.0. The standard InChI is InChI=1S/C21H28N4O/c1-24-5-7-25(8-6-24)13-20(26)14-9-17-16-3-2-4-18-21(16)15(12-22-18)10-19(17)23-11-14/h2-4,12,14,17,19,22-23H,5-11,13H2,1H3/t14?,17-,19-/m1/s1. The molecule has 0 saturated carbocycles. The third kappa shape index (κ3) is 2.79. The molecule has 1 aliphatic carbocycles. The van der Waals surface area contributed by atoms with E-state index in [1.807, 2.05) is 0 Å². The van der Waals surface area contributed by atoms with E-state index in [0.717, 1.165) is 45.6 Å². The maximum atomic E-state index is 13.0. The van der Waals surface area contributed by atoms with Crippen molar-refractivity contribution in [3.05, 3.63) is 35.5 Å². The number of hydrogen-bond donors (Lipinski definition) is 2. The average Bonchev–Trinajstić information content (AvgIpc) is 3.08. The molecule has 1 aromatic heterocycles. The quantitative estimate of drug-likeness (QED) is 0.881. The van der Waals surface area contributed by atoms with Crippen LogP contribution < -0.4 is 5.32 Å². The maximum absolute atomic E-state index is 13.0. The van der Waals surface area contributed by atoms with Gasteiger partial charge in [0.15, 0.2) is 5.78 Å². The average molecular weight is 352 g/mol. The summed E-state index contributed by atoms with van der Waals surface area (Å²) in [7, 11) is 2.16. The minimum Gasteiger partial charge on any atom is -0.361 e. The molecule has 5 heteroatoms. The van der Waals surface area contributed by atoms with Crippen LogP contribution in [-0.4, -0.2) is 72.9 Å². The second-order valence-electron chi connectivity index (χ2n) is 8.39. The van der Waals surface area contributed by atoms with E-state index < -0.39 is 0 Å². The summed E-state index contributed by atoms with van der Waals surface area (Å²) >= 11 is 0. The van der Waals surface area contributed by atoms with Gasteiger partial charge in [-0.3, -0.25) is 9.69 Å².